The summed E-state index contributed by atoms with van der Waals surface area (Å²) in [6.07, 6.45) is 9.26. The minimum atomic E-state index is 0.966. The quantitative estimate of drug-likeness (QED) is 0.515. The molecule has 0 amide bonds. The van der Waals surface area contributed by atoms with E-state index in [-0.39, 0.29) is 0 Å². The molecule has 14 heavy (non-hydrogen) atoms. The van der Waals surface area contributed by atoms with Gasteiger partial charge in [-0.25, -0.2) is 0 Å². The zero-order chi connectivity index (χ0) is 10.1. The van der Waals surface area contributed by atoms with Gasteiger partial charge < -0.3 is 5.32 Å². The van der Waals surface area contributed by atoms with E-state index in [1.54, 1.807) is 0 Å². The molecule has 0 radical (unpaired) electrons. The molecule has 0 aliphatic heterocycles. The molecule has 2 heteroatoms. The van der Waals surface area contributed by atoms with E-state index in [1.807, 2.05) is 17.8 Å². The first-order valence-corrected chi connectivity index (χ1v) is 6.98. The summed E-state index contributed by atoms with van der Waals surface area (Å²) in [5, 5.41) is 3.56. The third-order valence-electron chi connectivity index (χ3n) is 2.82. The van der Waals surface area contributed by atoms with Crippen molar-refractivity contribution in [3.63, 3.8) is 0 Å². The molecule has 0 aromatic heterocycles. The van der Waals surface area contributed by atoms with Gasteiger partial charge in [-0.15, -0.1) is 6.58 Å². The Balaban J connectivity index is 1.85. The van der Waals surface area contributed by atoms with Gasteiger partial charge in [0.15, 0.2) is 0 Å². The van der Waals surface area contributed by atoms with E-state index in [9.17, 15) is 0 Å². The number of rotatable bonds is 7. The second-order valence-corrected chi connectivity index (χ2v) is 5.22. The van der Waals surface area contributed by atoms with E-state index >= 15 is 0 Å². The Hall–Kier alpha value is 0.0500. The number of hydrogen-bond acceptors (Lipinski definition) is 2. The zero-order valence-electron chi connectivity index (χ0n) is 9.13. The van der Waals surface area contributed by atoms with Crippen LogP contribution in [0.1, 0.15) is 32.1 Å². The van der Waals surface area contributed by atoms with Crippen molar-refractivity contribution >= 4 is 11.8 Å². The van der Waals surface area contributed by atoms with E-state index < -0.39 is 0 Å². The average Bonchev–Trinajstić information content (AvgIpc) is 2.25. The van der Waals surface area contributed by atoms with Crippen molar-refractivity contribution in [3.05, 3.63) is 12.7 Å². The standard InChI is InChI=1S/C12H23NS/c1-2-9-14-10-8-13-11-12-6-4-3-5-7-12/h2,12-13H,1,3-11H2. The van der Waals surface area contributed by atoms with Gasteiger partial charge in [0.05, 0.1) is 0 Å². The molecule has 1 fully saturated rings. The largest absolute Gasteiger partial charge is 0.316 e. The van der Waals surface area contributed by atoms with Crippen LogP contribution >= 0.6 is 11.8 Å². The molecule has 0 aromatic carbocycles. The highest BCUT2D eigenvalue weighted by Crippen LogP contribution is 2.22. The third-order valence-corrected chi connectivity index (χ3v) is 3.78. The molecule has 1 N–H and O–H groups in total. The fourth-order valence-electron chi connectivity index (χ4n) is 2.01. The average molecular weight is 213 g/mol. The monoisotopic (exact) mass is 213 g/mol. The van der Waals surface area contributed by atoms with E-state index in [0.29, 0.717) is 0 Å². The van der Waals surface area contributed by atoms with Crippen LogP contribution in [0.25, 0.3) is 0 Å². The SMILES string of the molecule is C=CCSCCNCC1CCCCC1. The topological polar surface area (TPSA) is 12.0 Å². The Morgan fingerprint density at radius 2 is 2.07 bits per heavy atom. The maximum atomic E-state index is 3.71. The predicted molar refractivity (Wildman–Crippen MR) is 67.0 cm³/mol. The highest BCUT2D eigenvalue weighted by Gasteiger charge is 2.11. The molecule has 0 heterocycles. The summed E-state index contributed by atoms with van der Waals surface area (Å²) in [6.45, 7) is 6.12. The van der Waals surface area contributed by atoms with Gasteiger partial charge in [-0.3, -0.25) is 0 Å². The van der Waals surface area contributed by atoms with Crippen LogP contribution in [0.5, 0.6) is 0 Å². The summed E-state index contributed by atoms with van der Waals surface area (Å²) in [5.74, 6) is 3.28. The third kappa shape index (κ3) is 5.71. The Morgan fingerprint density at radius 1 is 1.29 bits per heavy atom. The van der Waals surface area contributed by atoms with Gasteiger partial charge in [0, 0.05) is 18.1 Å². The highest BCUT2D eigenvalue weighted by molar-refractivity contribution is 7.99. The fourth-order valence-corrected chi connectivity index (χ4v) is 2.63. The molecule has 0 saturated heterocycles. The summed E-state index contributed by atoms with van der Waals surface area (Å²) in [7, 11) is 0. The van der Waals surface area contributed by atoms with Gasteiger partial charge in [0.2, 0.25) is 0 Å². The normalized spacial score (nSPS) is 18.3. The number of hydrogen-bond donors (Lipinski definition) is 1. The van der Waals surface area contributed by atoms with E-state index in [2.05, 4.69) is 11.9 Å². The lowest BCUT2D eigenvalue weighted by molar-refractivity contribution is 0.345. The van der Waals surface area contributed by atoms with Gasteiger partial charge in [-0.1, -0.05) is 25.3 Å². The van der Waals surface area contributed by atoms with Crippen molar-refractivity contribution in [1.29, 1.82) is 0 Å². The first-order valence-electron chi connectivity index (χ1n) is 5.83. The molecule has 0 unspecified atom stereocenters. The second-order valence-electron chi connectivity index (χ2n) is 4.07. The van der Waals surface area contributed by atoms with Gasteiger partial charge in [0.25, 0.3) is 0 Å². The minimum Gasteiger partial charge on any atom is -0.316 e. The van der Waals surface area contributed by atoms with Crippen LogP contribution in [-0.2, 0) is 0 Å². The Labute approximate surface area is 92.7 Å². The Kier molecular flexibility index (Phi) is 7.24. The van der Waals surface area contributed by atoms with Crippen molar-refractivity contribution in [2.75, 3.05) is 24.6 Å². The minimum absolute atomic E-state index is 0.966. The van der Waals surface area contributed by atoms with Crippen LogP contribution in [0, 0.1) is 5.92 Å². The first kappa shape index (κ1) is 12.1. The molecular weight excluding hydrogens is 190 g/mol. The van der Waals surface area contributed by atoms with Crippen molar-refractivity contribution in [2.45, 2.75) is 32.1 Å². The van der Waals surface area contributed by atoms with Crippen LogP contribution in [-0.4, -0.2) is 24.6 Å². The summed E-state index contributed by atoms with van der Waals surface area (Å²) >= 11 is 1.96. The maximum Gasteiger partial charge on any atom is 0.0111 e. The predicted octanol–water partition coefficient (Wildman–Crippen LogP) is 3.08. The van der Waals surface area contributed by atoms with Crippen LogP contribution in [0.2, 0.25) is 0 Å². The van der Waals surface area contributed by atoms with Crippen LogP contribution in [0.15, 0.2) is 12.7 Å². The van der Waals surface area contributed by atoms with Crippen molar-refractivity contribution in [1.82, 2.24) is 5.32 Å². The van der Waals surface area contributed by atoms with Gasteiger partial charge in [-0.05, 0) is 25.3 Å². The van der Waals surface area contributed by atoms with Crippen LogP contribution < -0.4 is 5.32 Å². The highest BCUT2D eigenvalue weighted by atomic mass is 32.2. The second kappa shape index (κ2) is 8.37. The van der Waals surface area contributed by atoms with Crippen LogP contribution in [0.3, 0.4) is 0 Å². The fraction of sp³-hybridized carbons (Fsp3) is 0.833. The lowest BCUT2D eigenvalue weighted by atomic mass is 9.89. The van der Waals surface area contributed by atoms with Crippen LogP contribution in [0.4, 0.5) is 0 Å². The molecule has 1 rings (SSSR count). The molecule has 1 aliphatic rings. The lowest BCUT2D eigenvalue weighted by Gasteiger charge is -2.21. The Bertz CT molecular complexity index is 141. The number of thioether (sulfide) groups is 1. The van der Waals surface area contributed by atoms with Crippen molar-refractivity contribution in [2.24, 2.45) is 5.92 Å². The smallest absolute Gasteiger partial charge is 0.0111 e. The molecule has 1 saturated carbocycles. The summed E-state index contributed by atoms with van der Waals surface area (Å²) in [5.41, 5.74) is 0. The molecule has 0 atom stereocenters. The van der Waals surface area contributed by atoms with E-state index in [4.69, 9.17) is 0 Å². The molecule has 0 bridgehead atoms. The molecule has 0 aromatic rings. The summed E-state index contributed by atoms with van der Waals surface area (Å²) in [4.78, 5) is 0. The van der Waals surface area contributed by atoms with Gasteiger partial charge in [-0.2, -0.15) is 11.8 Å². The zero-order valence-corrected chi connectivity index (χ0v) is 9.95. The number of nitrogens with one attached hydrogen (secondary N) is 1. The Morgan fingerprint density at radius 3 is 2.79 bits per heavy atom. The molecule has 0 spiro atoms. The molecule has 82 valence electrons. The van der Waals surface area contributed by atoms with E-state index in [0.717, 1.165) is 18.2 Å². The van der Waals surface area contributed by atoms with Crippen molar-refractivity contribution in [3.8, 4) is 0 Å². The summed E-state index contributed by atoms with van der Waals surface area (Å²) < 4.78 is 0. The van der Waals surface area contributed by atoms with Gasteiger partial charge >= 0.3 is 0 Å². The molecular formula is C12H23NS. The lowest BCUT2D eigenvalue weighted by Crippen LogP contribution is -2.26. The summed E-state index contributed by atoms with van der Waals surface area (Å²) in [6, 6.07) is 0. The molecule has 1 nitrogen and oxygen atoms in total. The maximum absolute atomic E-state index is 3.71. The van der Waals surface area contributed by atoms with Gasteiger partial charge in [0.1, 0.15) is 0 Å². The first-order chi connectivity index (χ1) is 6.93. The molecule has 1 aliphatic carbocycles. The van der Waals surface area contributed by atoms with E-state index in [1.165, 1.54) is 44.4 Å². The van der Waals surface area contributed by atoms with Crippen molar-refractivity contribution < 1.29 is 0 Å².